The van der Waals surface area contributed by atoms with Gasteiger partial charge in [-0.15, -0.1) is 0 Å². The highest BCUT2D eigenvalue weighted by atomic mass is 19.4. The smallest absolute Gasteiger partial charge is 0.416 e. The maximum Gasteiger partial charge on any atom is 0.416 e. The van der Waals surface area contributed by atoms with Gasteiger partial charge in [-0.3, -0.25) is 9.59 Å². The van der Waals surface area contributed by atoms with Crippen molar-refractivity contribution in [3.05, 3.63) is 89.5 Å². The highest BCUT2D eigenvalue weighted by Gasteiger charge is 2.31. The molecule has 0 aromatic heterocycles. The second-order valence-corrected chi connectivity index (χ2v) is 6.69. The van der Waals surface area contributed by atoms with Gasteiger partial charge in [0.15, 0.2) is 0 Å². The Bertz CT molecular complexity index is 1070. The molecule has 0 aliphatic rings. The van der Waals surface area contributed by atoms with Crippen LogP contribution < -0.4 is 15.4 Å². The number of anilines is 2. The summed E-state index contributed by atoms with van der Waals surface area (Å²) in [5.74, 6) is -0.561. The van der Waals surface area contributed by atoms with Gasteiger partial charge in [0.2, 0.25) is 5.91 Å². The predicted molar refractivity (Wildman–Crippen MR) is 111 cm³/mol. The van der Waals surface area contributed by atoms with Crippen LogP contribution in [0.5, 0.6) is 5.75 Å². The van der Waals surface area contributed by atoms with Gasteiger partial charge in [0.1, 0.15) is 12.4 Å². The van der Waals surface area contributed by atoms with Crippen molar-refractivity contribution in [2.75, 3.05) is 10.6 Å². The summed E-state index contributed by atoms with van der Waals surface area (Å²) in [6.45, 7) is 1.58. The van der Waals surface area contributed by atoms with Crippen molar-refractivity contribution in [1.82, 2.24) is 0 Å². The Labute approximate surface area is 176 Å². The fourth-order valence-electron chi connectivity index (χ4n) is 2.76. The largest absolute Gasteiger partial charge is 0.489 e. The van der Waals surface area contributed by atoms with Crippen LogP contribution in [0, 0.1) is 0 Å². The van der Waals surface area contributed by atoms with Crippen LogP contribution in [-0.4, -0.2) is 11.8 Å². The van der Waals surface area contributed by atoms with Crippen molar-refractivity contribution in [3.8, 4) is 5.75 Å². The molecule has 0 saturated carbocycles. The van der Waals surface area contributed by atoms with Crippen LogP contribution >= 0.6 is 0 Å². The molecule has 2 amide bonds. The number of nitrogens with one attached hydrogen (secondary N) is 2. The van der Waals surface area contributed by atoms with Crippen molar-refractivity contribution >= 4 is 23.2 Å². The summed E-state index contributed by atoms with van der Waals surface area (Å²) in [6, 6.07) is 18.4. The number of carbonyl (C=O) groups is 2. The standard InChI is InChI=1S/C23H19F3N2O3/c1-15(29)27-20-12-9-18(23(24,25)26)13-21(20)28-22(30)17-7-10-19(11-8-17)31-14-16-5-3-2-4-6-16/h2-13H,14H2,1H3,(H,27,29)(H,28,30). The number of carbonyl (C=O) groups excluding carboxylic acids is 2. The molecule has 0 spiro atoms. The molecule has 0 aliphatic heterocycles. The first-order valence-electron chi connectivity index (χ1n) is 9.29. The molecule has 3 rings (SSSR count). The average Bonchev–Trinajstić information content (AvgIpc) is 2.73. The molecule has 0 bridgehead atoms. The van der Waals surface area contributed by atoms with E-state index in [9.17, 15) is 22.8 Å². The molecule has 160 valence electrons. The minimum Gasteiger partial charge on any atom is -0.489 e. The van der Waals surface area contributed by atoms with Crippen LogP contribution in [0.2, 0.25) is 0 Å². The van der Waals surface area contributed by atoms with Crippen LogP contribution in [0.25, 0.3) is 0 Å². The van der Waals surface area contributed by atoms with Gasteiger partial charge in [-0.25, -0.2) is 0 Å². The van der Waals surface area contributed by atoms with Crippen molar-refractivity contribution in [3.63, 3.8) is 0 Å². The Morgan fingerprint density at radius 2 is 1.55 bits per heavy atom. The van der Waals surface area contributed by atoms with Crippen molar-refractivity contribution in [2.45, 2.75) is 19.7 Å². The summed E-state index contributed by atoms with van der Waals surface area (Å²) in [7, 11) is 0. The fourth-order valence-corrected chi connectivity index (χ4v) is 2.76. The fraction of sp³-hybridized carbons (Fsp3) is 0.130. The summed E-state index contributed by atoms with van der Waals surface area (Å²) >= 11 is 0. The lowest BCUT2D eigenvalue weighted by atomic mass is 10.1. The Kier molecular flexibility index (Phi) is 6.59. The molecule has 0 unspecified atom stereocenters. The molecule has 0 atom stereocenters. The van der Waals surface area contributed by atoms with Gasteiger partial charge in [0.25, 0.3) is 5.91 Å². The van der Waals surface area contributed by atoms with E-state index < -0.39 is 23.6 Å². The first-order valence-corrected chi connectivity index (χ1v) is 9.29. The quantitative estimate of drug-likeness (QED) is 0.545. The van der Waals surface area contributed by atoms with Crippen LogP contribution in [0.15, 0.2) is 72.8 Å². The number of rotatable bonds is 6. The molecule has 0 fully saturated rings. The van der Waals surface area contributed by atoms with Gasteiger partial charge in [0, 0.05) is 12.5 Å². The molecule has 5 nitrogen and oxygen atoms in total. The van der Waals surface area contributed by atoms with E-state index in [2.05, 4.69) is 10.6 Å². The van der Waals surface area contributed by atoms with E-state index in [4.69, 9.17) is 4.74 Å². The number of amides is 2. The zero-order valence-electron chi connectivity index (χ0n) is 16.5. The van der Waals surface area contributed by atoms with E-state index >= 15 is 0 Å². The summed E-state index contributed by atoms with van der Waals surface area (Å²) in [6.07, 6.45) is -4.59. The molecular weight excluding hydrogens is 409 g/mol. The monoisotopic (exact) mass is 428 g/mol. The van der Waals surface area contributed by atoms with Gasteiger partial charge < -0.3 is 15.4 Å². The molecule has 0 heterocycles. The van der Waals surface area contributed by atoms with E-state index in [1.165, 1.54) is 19.1 Å². The topological polar surface area (TPSA) is 67.4 Å². The van der Waals surface area contributed by atoms with Crippen LogP contribution in [-0.2, 0) is 17.6 Å². The van der Waals surface area contributed by atoms with E-state index in [0.29, 0.717) is 12.4 Å². The zero-order valence-corrected chi connectivity index (χ0v) is 16.5. The third-order valence-corrected chi connectivity index (χ3v) is 4.27. The lowest BCUT2D eigenvalue weighted by Gasteiger charge is -2.15. The van der Waals surface area contributed by atoms with Crippen molar-refractivity contribution < 1.29 is 27.5 Å². The maximum atomic E-state index is 13.0. The van der Waals surface area contributed by atoms with Crippen LogP contribution in [0.3, 0.4) is 0 Å². The third-order valence-electron chi connectivity index (χ3n) is 4.27. The molecule has 3 aromatic carbocycles. The lowest BCUT2D eigenvalue weighted by Crippen LogP contribution is -2.16. The zero-order chi connectivity index (χ0) is 22.4. The SMILES string of the molecule is CC(=O)Nc1ccc(C(F)(F)F)cc1NC(=O)c1ccc(OCc2ccccc2)cc1. The van der Waals surface area contributed by atoms with Gasteiger partial charge >= 0.3 is 6.18 Å². The van der Waals surface area contributed by atoms with Crippen LogP contribution in [0.4, 0.5) is 24.5 Å². The molecule has 3 aromatic rings. The molecule has 0 aliphatic carbocycles. The molecular formula is C23H19F3N2O3. The Morgan fingerprint density at radius 1 is 0.871 bits per heavy atom. The number of ether oxygens (including phenoxy) is 1. The minimum absolute atomic E-state index is 0.0664. The molecule has 31 heavy (non-hydrogen) atoms. The summed E-state index contributed by atoms with van der Waals surface area (Å²) < 4.78 is 44.8. The average molecular weight is 428 g/mol. The van der Waals surface area contributed by atoms with Crippen LogP contribution in [0.1, 0.15) is 28.4 Å². The van der Waals surface area contributed by atoms with Crippen molar-refractivity contribution in [2.24, 2.45) is 0 Å². The predicted octanol–water partition coefficient (Wildman–Crippen LogP) is 5.50. The third kappa shape index (κ3) is 6.08. The van der Waals surface area contributed by atoms with Gasteiger partial charge in [0.05, 0.1) is 16.9 Å². The van der Waals surface area contributed by atoms with E-state index in [-0.39, 0.29) is 16.9 Å². The number of benzene rings is 3. The van der Waals surface area contributed by atoms with E-state index in [1.54, 1.807) is 12.1 Å². The summed E-state index contributed by atoms with van der Waals surface area (Å²) in [5.41, 5.74) is 0.176. The minimum atomic E-state index is -4.59. The van der Waals surface area contributed by atoms with Crippen molar-refractivity contribution in [1.29, 1.82) is 0 Å². The highest BCUT2D eigenvalue weighted by molar-refractivity contribution is 6.07. The Balaban J connectivity index is 1.73. The van der Waals surface area contributed by atoms with E-state index in [1.807, 2.05) is 30.3 Å². The first-order chi connectivity index (χ1) is 14.7. The molecule has 2 N–H and O–H groups in total. The number of hydrogen-bond acceptors (Lipinski definition) is 3. The maximum absolute atomic E-state index is 13.0. The normalized spacial score (nSPS) is 11.0. The second-order valence-electron chi connectivity index (χ2n) is 6.69. The summed E-state index contributed by atoms with van der Waals surface area (Å²) in [4.78, 5) is 23.9. The number of hydrogen-bond donors (Lipinski definition) is 2. The Hall–Kier alpha value is -3.81. The second kappa shape index (κ2) is 9.34. The van der Waals surface area contributed by atoms with E-state index in [0.717, 1.165) is 23.8 Å². The molecule has 8 heteroatoms. The highest BCUT2D eigenvalue weighted by Crippen LogP contribution is 2.34. The van der Waals surface area contributed by atoms with Gasteiger partial charge in [-0.1, -0.05) is 30.3 Å². The lowest BCUT2D eigenvalue weighted by molar-refractivity contribution is -0.137. The first kappa shape index (κ1) is 21.9. The molecule has 0 saturated heterocycles. The number of halogens is 3. The van der Waals surface area contributed by atoms with Gasteiger partial charge in [-0.05, 0) is 48.0 Å². The number of alkyl halides is 3. The summed E-state index contributed by atoms with van der Waals surface area (Å²) in [5, 5.41) is 4.84. The van der Waals surface area contributed by atoms with Gasteiger partial charge in [-0.2, -0.15) is 13.2 Å². The Morgan fingerprint density at radius 3 is 2.16 bits per heavy atom. The molecule has 0 radical (unpaired) electrons.